The number of nitrogens with zero attached hydrogens (tertiary/aromatic N) is 4. The first-order valence-electron chi connectivity index (χ1n) is 15.9. The van der Waals surface area contributed by atoms with Gasteiger partial charge in [-0.15, -0.1) is 0 Å². The van der Waals surface area contributed by atoms with Crippen LogP contribution in [0.15, 0.2) is 42.2 Å². The molecule has 0 spiro atoms. The topological polar surface area (TPSA) is 89.2 Å². The van der Waals surface area contributed by atoms with Crippen LogP contribution in [0.4, 0.5) is 0 Å². The second kappa shape index (κ2) is 13.9. The average molecular weight is 606 g/mol. The number of aromatic nitrogens is 3. The zero-order chi connectivity index (χ0) is 30.5. The van der Waals surface area contributed by atoms with Gasteiger partial charge in [-0.2, -0.15) is 5.10 Å². The quantitative estimate of drug-likeness (QED) is 0.169. The van der Waals surface area contributed by atoms with Crippen LogP contribution in [0, 0.1) is 6.92 Å². The van der Waals surface area contributed by atoms with Crippen molar-refractivity contribution in [2.24, 2.45) is 0 Å². The van der Waals surface area contributed by atoms with E-state index in [-0.39, 0.29) is 36.2 Å². The van der Waals surface area contributed by atoms with Gasteiger partial charge in [-0.25, -0.2) is 0 Å². The van der Waals surface area contributed by atoms with Crippen LogP contribution >= 0.6 is 11.6 Å². The van der Waals surface area contributed by atoms with E-state index in [0.717, 1.165) is 93.0 Å². The minimum absolute atomic E-state index is 0.0340. The Bertz CT molecular complexity index is 1520. The summed E-state index contributed by atoms with van der Waals surface area (Å²) >= 11 is 6.37. The summed E-state index contributed by atoms with van der Waals surface area (Å²) in [7, 11) is 0. The van der Waals surface area contributed by atoms with Gasteiger partial charge in [0.2, 0.25) is 5.91 Å². The van der Waals surface area contributed by atoms with Crippen molar-refractivity contribution in [1.82, 2.24) is 24.6 Å². The minimum atomic E-state index is -0.142. The van der Waals surface area contributed by atoms with Crippen molar-refractivity contribution >= 4 is 40.1 Å². The van der Waals surface area contributed by atoms with Gasteiger partial charge < -0.3 is 14.8 Å². The van der Waals surface area contributed by atoms with Crippen molar-refractivity contribution in [3.8, 4) is 0 Å². The highest BCUT2D eigenvalue weighted by atomic mass is 35.5. The molecule has 2 fully saturated rings. The fourth-order valence-electron chi connectivity index (χ4n) is 6.74. The molecule has 1 saturated heterocycles. The van der Waals surface area contributed by atoms with Crippen LogP contribution in [0.3, 0.4) is 0 Å². The summed E-state index contributed by atoms with van der Waals surface area (Å²) < 4.78 is 3.91. The van der Waals surface area contributed by atoms with Crippen molar-refractivity contribution in [1.29, 1.82) is 0 Å². The van der Waals surface area contributed by atoms with Gasteiger partial charge in [-0.05, 0) is 89.8 Å². The summed E-state index contributed by atoms with van der Waals surface area (Å²) in [6.07, 6.45) is 14.5. The Morgan fingerprint density at radius 3 is 2.70 bits per heavy atom. The molecule has 3 aromatic rings. The molecule has 1 N–H and O–H groups in total. The van der Waals surface area contributed by atoms with Crippen LogP contribution < -0.4 is 5.32 Å². The number of carbonyl (C=O) groups excluding carboxylic acids is 3. The first-order chi connectivity index (χ1) is 20.8. The van der Waals surface area contributed by atoms with Crippen LogP contribution in [0.25, 0.3) is 10.9 Å². The fraction of sp³-hybridized carbons (Fsp3) is 0.529. The fourth-order valence-corrected chi connectivity index (χ4v) is 6.91. The summed E-state index contributed by atoms with van der Waals surface area (Å²) in [6.45, 7) is 7.74. The van der Waals surface area contributed by atoms with E-state index >= 15 is 0 Å². The van der Waals surface area contributed by atoms with Gasteiger partial charge in [-0.1, -0.05) is 30.2 Å². The van der Waals surface area contributed by atoms with E-state index in [1.165, 1.54) is 5.57 Å². The molecule has 1 aliphatic carbocycles. The third-order valence-electron chi connectivity index (χ3n) is 9.22. The Labute approximate surface area is 259 Å². The Morgan fingerprint density at radius 2 is 1.91 bits per heavy atom. The summed E-state index contributed by atoms with van der Waals surface area (Å²) in [5.41, 5.74) is 4.44. The molecular formula is C34H44ClN5O3. The SMILES string of the molecule is C/C=C1/CCCN(C(=O)Cn2cc(C(=O)NC3CCCC(n4ncc(C(=O)CCC)c4C)CC3)c3cc(Cl)ccc32)CC1. The predicted octanol–water partition coefficient (Wildman–Crippen LogP) is 7.05. The maximum Gasteiger partial charge on any atom is 0.253 e. The van der Waals surface area contributed by atoms with E-state index < -0.39 is 0 Å². The molecule has 2 amide bonds. The molecule has 2 aromatic heterocycles. The summed E-state index contributed by atoms with van der Waals surface area (Å²) in [5, 5.41) is 9.19. The number of hydrogen-bond donors (Lipinski definition) is 1. The van der Waals surface area contributed by atoms with E-state index in [9.17, 15) is 14.4 Å². The summed E-state index contributed by atoms with van der Waals surface area (Å²) in [6, 6.07) is 5.76. The molecule has 0 radical (unpaired) electrons. The first-order valence-corrected chi connectivity index (χ1v) is 16.2. The molecule has 1 aromatic carbocycles. The highest BCUT2D eigenvalue weighted by Gasteiger charge is 2.26. The molecular weight excluding hydrogens is 562 g/mol. The zero-order valence-electron chi connectivity index (χ0n) is 25.7. The lowest BCUT2D eigenvalue weighted by molar-refractivity contribution is -0.131. The monoisotopic (exact) mass is 605 g/mol. The Balaban J connectivity index is 1.27. The molecule has 1 aliphatic heterocycles. The van der Waals surface area contributed by atoms with E-state index in [0.29, 0.717) is 17.0 Å². The number of rotatable bonds is 8. The maximum atomic E-state index is 13.7. The number of benzene rings is 1. The molecule has 1 saturated carbocycles. The molecule has 8 nitrogen and oxygen atoms in total. The van der Waals surface area contributed by atoms with Gasteiger partial charge in [0, 0.05) is 53.4 Å². The van der Waals surface area contributed by atoms with Gasteiger partial charge in [0.25, 0.3) is 5.91 Å². The molecule has 9 heteroatoms. The van der Waals surface area contributed by atoms with Gasteiger partial charge in [0.1, 0.15) is 6.54 Å². The third-order valence-corrected chi connectivity index (χ3v) is 9.46. The largest absolute Gasteiger partial charge is 0.349 e. The second-order valence-corrected chi connectivity index (χ2v) is 12.5. The van der Waals surface area contributed by atoms with Crippen LogP contribution in [-0.2, 0) is 11.3 Å². The standard InChI is InChI=1S/C34H44ClN5O3/c1-4-8-32(41)29-20-36-40(23(29)3)27-11-6-10-26(13-14-27)37-34(43)30-21-39(31-15-12-25(35)19-28(30)31)22-33(42)38-17-7-9-24(5-2)16-18-38/h5,12,15,19-21,26-27H,4,6-11,13-14,16-18,22H2,1-3H3,(H,37,43)/b24-5-. The molecule has 230 valence electrons. The lowest BCUT2D eigenvalue weighted by Gasteiger charge is -2.20. The smallest absolute Gasteiger partial charge is 0.253 e. The number of allylic oxidation sites excluding steroid dienone is 1. The highest BCUT2D eigenvalue weighted by Crippen LogP contribution is 2.30. The number of fused-ring (bicyclic) bond motifs is 1. The van der Waals surface area contributed by atoms with Crippen molar-refractivity contribution in [3.05, 3.63) is 64.1 Å². The average Bonchev–Trinajstić information content (AvgIpc) is 3.31. The number of Topliss-reactive ketones (excluding diaryl/α,β-unsaturated/α-hetero) is 1. The maximum absolute atomic E-state index is 13.7. The Morgan fingerprint density at radius 1 is 1.07 bits per heavy atom. The Kier molecular flexibility index (Phi) is 10.1. The first kappa shape index (κ1) is 31.0. The normalized spacial score (nSPS) is 20.7. The number of carbonyl (C=O) groups is 3. The van der Waals surface area contributed by atoms with E-state index in [4.69, 9.17) is 11.6 Å². The number of ketones is 1. The lowest BCUT2D eigenvalue weighted by Crippen LogP contribution is -2.35. The molecule has 5 rings (SSSR count). The zero-order valence-corrected chi connectivity index (χ0v) is 26.5. The molecule has 2 aliphatic rings. The molecule has 0 bridgehead atoms. The second-order valence-electron chi connectivity index (χ2n) is 12.1. The van der Waals surface area contributed by atoms with Gasteiger partial charge in [0.05, 0.1) is 23.4 Å². The summed E-state index contributed by atoms with van der Waals surface area (Å²) in [5.74, 6) is 0.0803. The van der Waals surface area contributed by atoms with Gasteiger partial charge >= 0.3 is 0 Å². The summed E-state index contributed by atoms with van der Waals surface area (Å²) in [4.78, 5) is 41.5. The number of amides is 2. The van der Waals surface area contributed by atoms with E-state index in [1.807, 2.05) is 46.3 Å². The van der Waals surface area contributed by atoms with Crippen molar-refractivity contribution in [2.45, 2.75) is 104 Å². The molecule has 43 heavy (non-hydrogen) atoms. The van der Waals surface area contributed by atoms with E-state index in [1.54, 1.807) is 12.3 Å². The van der Waals surface area contributed by atoms with Crippen molar-refractivity contribution in [2.75, 3.05) is 13.1 Å². The van der Waals surface area contributed by atoms with Crippen LogP contribution in [0.1, 0.15) is 111 Å². The molecule has 3 heterocycles. The Hall–Kier alpha value is -3.39. The third kappa shape index (κ3) is 7.06. The van der Waals surface area contributed by atoms with Crippen LogP contribution in [0.5, 0.6) is 0 Å². The minimum Gasteiger partial charge on any atom is -0.349 e. The predicted molar refractivity (Wildman–Crippen MR) is 171 cm³/mol. The van der Waals surface area contributed by atoms with Crippen molar-refractivity contribution in [3.63, 3.8) is 0 Å². The van der Waals surface area contributed by atoms with Gasteiger partial charge in [0.15, 0.2) is 5.78 Å². The van der Waals surface area contributed by atoms with Crippen molar-refractivity contribution < 1.29 is 14.4 Å². The number of hydrogen-bond acceptors (Lipinski definition) is 4. The number of halogens is 1. The number of nitrogens with one attached hydrogen (secondary N) is 1. The van der Waals surface area contributed by atoms with Crippen LogP contribution in [-0.4, -0.2) is 56.0 Å². The molecule has 2 unspecified atom stereocenters. The van der Waals surface area contributed by atoms with Crippen LogP contribution in [0.2, 0.25) is 5.02 Å². The highest BCUT2D eigenvalue weighted by molar-refractivity contribution is 6.31. The lowest BCUT2D eigenvalue weighted by atomic mass is 10.1. The van der Waals surface area contributed by atoms with E-state index in [2.05, 4.69) is 23.4 Å². The molecule has 2 atom stereocenters. The number of likely N-dealkylation sites (tertiary alicyclic amines) is 1. The van der Waals surface area contributed by atoms with Gasteiger partial charge in [-0.3, -0.25) is 19.1 Å².